The van der Waals surface area contributed by atoms with Crippen molar-refractivity contribution in [1.29, 1.82) is 0 Å². The summed E-state index contributed by atoms with van der Waals surface area (Å²) < 4.78 is 31.6. The number of halogens is 2. The molecule has 0 radical (unpaired) electrons. The predicted molar refractivity (Wildman–Crippen MR) is 57.0 cm³/mol. The molecule has 16 heavy (non-hydrogen) atoms. The summed E-state index contributed by atoms with van der Waals surface area (Å²) in [6.45, 7) is 1.18. The van der Waals surface area contributed by atoms with Crippen molar-refractivity contribution in [3.8, 4) is 0 Å². The highest BCUT2D eigenvalue weighted by Crippen LogP contribution is 2.24. The van der Waals surface area contributed by atoms with E-state index in [0.29, 0.717) is 38.0 Å². The van der Waals surface area contributed by atoms with Gasteiger partial charge in [0.15, 0.2) is 0 Å². The van der Waals surface area contributed by atoms with Gasteiger partial charge in [-0.25, -0.2) is 8.78 Å². The molecule has 0 aliphatic carbocycles. The molecule has 1 saturated heterocycles. The van der Waals surface area contributed by atoms with E-state index in [4.69, 9.17) is 10.5 Å². The van der Waals surface area contributed by atoms with Gasteiger partial charge in [0, 0.05) is 18.8 Å². The van der Waals surface area contributed by atoms with Crippen molar-refractivity contribution in [3.05, 3.63) is 35.4 Å². The van der Waals surface area contributed by atoms with Crippen molar-refractivity contribution < 1.29 is 13.5 Å². The van der Waals surface area contributed by atoms with Crippen LogP contribution in [0.1, 0.15) is 18.4 Å². The molecular formula is C12H15F2NO. The van der Waals surface area contributed by atoms with E-state index in [1.165, 1.54) is 6.07 Å². The van der Waals surface area contributed by atoms with Gasteiger partial charge < -0.3 is 10.5 Å². The van der Waals surface area contributed by atoms with Crippen LogP contribution >= 0.6 is 0 Å². The van der Waals surface area contributed by atoms with Crippen LogP contribution in [0.2, 0.25) is 0 Å². The van der Waals surface area contributed by atoms with E-state index >= 15 is 0 Å². The van der Waals surface area contributed by atoms with Gasteiger partial charge >= 0.3 is 0 Å². The zero-order chi connectivity index (χ0) is 11.6. The summed E-state index contributed by atoms with van der Waals surface area (Å²) >= 11 is 0. The average Bonchev–Trinajstić information content (AvgIpc) is 2.24. The summed E-state index contributed by atoms with van der Waals surface area (Å²) in [4.78, 5) is 0. The zero-order valence-electron chi connectivity index (χ0n) is 9.01. The molecule has 0 amide bonds. The molecule has 0 unspecified atom stereocenters. The second-order valence-corrected chi connectivity index (χ2v) is 4.39. The number of hydrogen-bond donors (Lipinski definition) is 1. The van der Waals surface area contributed by atoms with Crippen LogP contribution in [0.4, 0.5) is 8.78 Å². The number of ether oxygens (including phenoxy) is 1. The first-order chi connectivity index (χ1) is 7.59. The second-order valence-electron chi connectivity index (χ2n) is 4.39. The maximum atomic E-state index is 13.4. The van der Waals surface area contributed by atoms with Gasteiger partial charge in [0.05, 0.1) is 0 Å². The summed E-state index contributed by atoms with van der Waals surface area (Å²) in [5, 5.41) is 0. The average molecular weight is 227 g/mol. The molecule has 1 fully saturated rings. The van der Waals surface area contributed by atoms with Crippen molar-refractivity contribution in [3.63, 3.8) is 0 Å². The first-order valence-electron chi connectivity index (χ1n) is 5.40. The van der Waals surface area contributed by atoms with Gasteiger partial charge in [-0.3, -0.25) is 0 Å². The van der Waals surface area contributed by atoms with Crippen LogP contribution in [0.25, 0.3) is 0 Å². The number of benzene rings is 1. The Morgan fingerprint density at radius 2 is 1.94 bits per heavy atom. The Morgan fingerprint density at radius 3 is 2.62 bits per heavy atom. The molecule has 2 nitrogen and oxygen atoms in total. The molecule has 0 aromatic heterocycles. The molecule has 88 valence electrons. The lowest BCUT2D eigenvalue weighted by molar-refractivity contribution is 0.0530. The first-order valence-corrected chi connectivity index (χ1v) is 5.40. The van der Waals surface area contributed by atoms with E-state index in [0.717, 1.165) is 12.1 Å². The van der Waals surface area contributed by atoms with Crippen molar-refractivity contribution >= 4 is 0 Å². The van der Waals surface area contributed by atoms with Crippen LogP contribution in [-0.4, -0.2) is 18.8 Å². The highest BCUT2D eigenvalue weighted by atomic mass is 19.1. The normalized spacial score (nSPS) is 19.7. The van der Waals surface area contributed by atoms with Gasteiger partial charge in [-0.2, -0.15) is 0 Å². The van der Waals surface area contributed by atoms with E-state index in [9.17, 15) is 8.78 Å². The fraction of sp³-hybridized carbons (Fsp3) is 0.500. The Bertz CT molecular complexity index is 375. The van der Waals surface area contributed by atoms with Crippen LogP contribution in [0, 0.1) is 11.6 Å². The SMILES string of the molecule is NC1(Cc2cc(F)ccc2F)CCOCC1. The second kappa shape index (κ2) is 4.47. The van der Waals surface area contributed by atoms with Crippen molar-refractivity contribution in [2.75, 3.05) is 13.2 Å². The van der Waals surface area contributed by atoms with Gasteiger partial charge in [-0.1, -0.05) is 0 Å². The third-order valence-corrected chi connectivity index (χ3v) is 3.04. The minimum atomic E-state index is -0.465. The van der Waals surface area contributed by atoms with E-state index in [1.807, 2.05) is 0 Å². The standard InChI is InChI=1S/C12H15F2NO/c13-10-1-2-11(14)9(7-10)8-12(15)3-5-16-6-4-12/h1-2,7H,3-6,8,15H2. The molecular weight excluding hydrogens is 212 g/mol. The van der Waals surface area contributed by atoms with Crippen molar-refractivity contribution in [2.45, 2.75) is 24.8 Å². The topological polar surface area (TPSA) is 35.2 Å². The number of nitrogens with two attached hydrogens (primary N) is 1. The molecule has 1 aromatic carbocycles. The Balaban J connectivity index is 2.15. The van der Waals surface area contributed by atoms with Crippen LogP contribution in [0.5, 0.6) is 0 Å². The molecule has 1 heterocycles. The molecule has 0 spiro atoms. The van der Waals surface area contributed by atoms with Crippen molar-refractivity contribution in [1.82, 2.24) is 0 Å². The maximum Gasteiger partial charge on any atom is 0.126 e. The first kappa shape index (κ1) is 11.5. The molecule has 1 aromatic rings. The minimum Gasteiger partial charge on any atom is -0.381 e. The smallest absolute Gasteiger partial charge is 0.126 e. The molecule has 4 heteroatoms. The summed E-state index contributed by atoms with van der Waals surface area (Å²) in [6.07, 6.45) is 1.73. The quantitative estimate of drug-likeness (QED) is 0.838. The van der Waals surface area contributed by atoms with Crippen LogP contribution in [-0.2, 0) is 11.2 Å². The van der Waals surface area contributed by atoms with Crippen LogP contribution in [0.15, 0.2) is 18.2 Å². The van der Waals surface area contributed by atoms with Gasteiger partial charge in [0.25, 0.3) is 0 Å². The fourth-order valence-electron chi connectivity index (χ4n) is 2.01. The van der Waals surface area contributed by atoms with Gasteiger partial charge in [0.2, 0.25) is 0 Å². The summed E-state index contributed by atoms with van der Waals surface area (Å²) in [7, 11) is 0. The highest BCUT2D eigenvalue weighted by molar-refractivity contribution is 5.21. The molecule has 0 bridgehead atoms. The third kappa shape index (κ3) is 2.57. The van der Waals surface area contributed by atoms with E-state index in [-0.39, 0.29) is 0 Å². The van der Waals surface area contributed by atoms with Gasteiger partial charge in [-0.05, 0) is 43.0 Å². The van der Waals surface area contributed by atoms with Crippen LogP contribution in [0.3, 0.4) is 0 Å². The van der Waals surface area contributed by atoms with Crippen LogP contribution < -0.4 is 5.73 Å². The van der Waals surface area contributed by atoms with Gasteiger partial charge in [0.1, 0.15) is 11.6 Å². The lowest BCUT2D eigenvalue weighted by atomic mass is 9.84. The lowest BCUT2D eigenvalue weighted by Crippen LogP contribution is -2.47. The Kier molecular flexibility index (Phi) is 3.21. The molecule has 0 saturated carbocycles. The molecule has 0 atom stereocenters. The van der Waals surface area contributed by atoms with E-state index in [2.05, 4.69) is 0 Å². The number of hydrogen-bond acceptors (Lipinski definition) is 2. The Morgan fingerprint density at radius 1 is 1.25 bits per heavy atom. The fourth-order valence-corrected chi connectivity index (χ4v) is 2.01. The monoisotopic (exact) mass is 227 g/mol. The van der Waals surface area contributed by atoms with E-state index < -0.39 is 17.2 Å². The highest BCUT2D eigenvalue weighted by Gasteiger charge is 2.29. The largest absolute Gasteiger partial charge is 0.381 e. The Labute approximate surface area is 93.4 Å². The summed E-state index contributed by atoms with van der Waals surface area (Å²) in [6, 6.07) is 3.48. The van der Waals surface area contributed by atoms with Gasteiger partial charge in [-0.15, -0.1) is 0 Å². The van der Waals surface area contributed by atoms with Crippen molar-refractivity contribution in [2.24, 2.45) is 5.73 Å². The maximum absolute atomic E-state index is 13.4. The lowest BCUT2D eigenvalue weighted by Gasteiger charge is -2.33. The minimum absolute atomic E-state index is 0.351. The van der Waals surface area contributed by atoms with E-state index in [1.54, 1.807) is 0 Å². The molecule has 2 N–H and O–H groups in total. The predicted octanol–water partition coefficient (Wildman–Crippen LogP) is 2.02. The summed E-state index contributed by atoms with van der Waals surface area (Å²) in [5.74, 6) is -0.815. The third-order valence-electron chi connectivity index (χ3n) is 3.04. The molecule has 1 aliphatic heterocycles. The number of rotatable bonds is 2. The molecule has 1 aliphatic rings. The Hall–Kier alpha value is -1.00. The zero-order valence-corrected chi connectivity index (χ0v) is 9.01. The summed E-state index contributed by atoms with van der Waals surface area (Å²) in [5.41, 5.74) is 6.03. The molecule has 2 rings (SSSR count).